The van der Waals surface area contributed by atoms with E-state index in [-0.39, 0.29) is 12.2 Å². The van der Waals surface area contributed by atoms with Crippen LogP contribution in [-0.4, -0.2) is 36.5 Å². The Morgan fingerprint density at radius 2 is 1.08 bits per heavy atom. The van der Waals surface area contributed by atoms with E-state index in [4.69, 9.17) is 0 Å². The molecule has 0 aliphatic rings. The van der Waals surface area contributed by atoms with Crippen molar-refractivity contribution >= 4 is 35.2 Å². The third kappa shape index (κ3) is 5.46. The number of hydrogen-bond donors (Lipinski definition) is 2. The molecule has 0 unspecified atom stereocenters. The monoisotopic (exact) mass is 458 g/mol. The van der Waals surface area contributed by atoms with Gasteiger partial charge in [-0.25, -0.2) is 0 Å². The summed E-state index contributed by atoms with van der Waals surface area (Å²) >= 11 is 0.612. The molecule has 2 atom stereocenters. The summed E-state index contributed by atoms with van der Waals surface area (Å²) in [7, 11) is 0. The van der Waals surface area contributed by atoms with Crippen LogP contribution < -0.4 is 8.92 Å². The van der Waals surface area contributed by atoms with Crippen LogP contribution in [0.3, 0.4) is 0 Å². The number of hydrogen-bond acceptors (Lipinski definition) is 2. The molecule has 0 radical (unpaired) electrons. The SMILES string of the molecule is CCC[C@H](O)c1ccccc1[Se][Se]c1ccccc1[C@@H](O)CCC. The van der Waals surface area contributed by atoms with Crippen LogP contribution in [0, 0.1) is 0 Å². The normalized spacial score (nSPS) is 13.7. The van der Waals surface area contributed by atoms with Gasteiger partial charge in [-0.2, -0.15) is 0 Å². The molecule has 130 valence electrons. The van der Waals surface area contributed by atoms with E-state index >= 15 is 0 Å². The van der Waals surface area contributed by atoms with Gasteiger partial charge in [0.2, 0.25) is 0 Å². The topological polar surface area (TPSA) is 40.5 Å². The molecular weight excluding hydrogens is 430 g/mol. The van der Waals surface area contributed by atoms with E-state index < -0.39 is 0 Å². The van der Waals surface area contributed by atoms with Crippen LogP contribution in [0.25, 0.3) is 0 Å². The van der Waals surface area contributed by atoms with Crippen molar-refractivity contribution in [1.82, 2.24) is 0 Å². The summed E-state index contributed by atoms with van der Waals surface area (Å²) in [6.07, 6.45) is 2.88. The second-order valence-electron chi connectivity index (χ2n) is 5.85. The molecule has 0 heterocycles. The first kappa shape index (κ1) is 19.7. The van der Waals surface area contributed by atoms with Crippen LogP contribution in [0.15, 0.2) is 48.5 Å². The average molecular weight is 456 g/mol. The molecule has 2 rings (SSSR count). The summed E-state index contributed by atoms with van der Waals surface area (Å²) in [5.74, 6) is 0. The first-order valence-corrected chi connectivity index (χ1v) is 14.6. The van der Waals surface area contributed by atoms with E-state index in [2.05, 4.69) is 50.2 Å². The van der Waals surface area contributed by atoms with Crippen molar-refractivity contribution < 1.29 is 10.2 Å². The van der Waals surface area contributed by atoms with Gasteiger partial charge in [-0.05, 0) is 0 Å². The van der Waals surface area contributed by atoms with E-state index in [1.807, 2.05) is 12.1 Å². The van der Waals surface area contributed by atoms with Crippen LogP contribution in [0.2, 0.25) is 0 Å². The van der Waals surface area contributed by atoms with Gasteiger partial charge in [0.25, 0.3) is 0 Å². The van der Waals surface area contributed by atoms with Crippen molar-refractivity contribution in [2.24, 2.45) is 0 Å². The quantitative estimate of drug-likeness (QED) is 0.570. The molecule has 0 aliphatic carbocycles. The van der Waals surface area contributed by atoms with Crippen LogP contribution >= 0.6 is 0 Å². The van der Waals surface area contributed by atoms with Crippen molar-refractivity contribution in [3.8, 4) is 0 Å². The van der Waals surface area contributed by atoms with Crippen LogP contribution in [0.5, 0.6) is 0 Å². The van der Waals surface area contributed by atoms with Crippen LogP contribution in [0.1, 0.15) is 62.9 Å². The molecule has 0 saturated carbocycles. The summed E-state index contributed by atoms with van der Waals surface area (Å²) < 4.78 is 2.59. The van der Waals surface area contributed by atoms with Crippen molar-refractivity contribution in [3.63, 3.8) is 0 Å². The van der Waals surface area contributed by atoms with Gasteiger partial charge in [-0.15, -0.1) is 0 Å². The molecule has 2 nitrogen and oxygen atoms in total. The van der Waals surface area contributed by atoms with Crippen molar-refractivity contribution in [1.29, 1.82) is 0 Å². The fraction of sp³-hybridized carbons (Fsp3) is 0.400. The first-order chi connectivity index (χ1) is 11.7. The van der Waals surface area contributed by atoms with Gasteiger partial charge in [-0.1, -0.05) is 0 Å². The Kier molecular flexibility index (Phi) is 8.55. The maximum atomic E-state index is 10.4. The molecule has 4 heteroatoms. The predicted molar refractivity (Wildman–Crippen MR) is 103 cm³/mol. The predicted octanol–water partition coefficient (Wildman–Crippen LogP) is 2.63. The van der Waals surface area contributed by atoms with Gasteiger partial charge in [0, 0.05) is 0 Å². The Labute approximate surface area is 156 Å². The molecule has 0 spiro atoms. The van der Waals surface area contributed by atoms with E-state index in [9.17, 15) is 10.2 Å². The second-order valence-corrected chi connectivity index (χ2v) is 12.0. The number of benzene rings is 2. The fourth-order valence-corrected chi connectivity index (χ4v) is 10.1. The summed E-state index contributed by atoms with van der Waals surface area (Å²) in [5, 5.41) is 20.8. The zero-order valence-electron chi connectivity index (χ0n) is 14.3. The summed E-state index contributed by atoms with van der Waals surface area (Å²) in [6.45, 7) is 4.21. The zero-order chi connectivity index (χ0) is 17.4. The molecule has 2 aromatic carbocycles. The number of aliphatic hydroxyl groups is 2. The molecular formula is C20H26O2Se2. The van der Waals surface area contributed by atoms with Gasteiger partial charge in [0.15, 0.2) is 0 Å². The molecule has 0 saturated heterocycles. The minimum atomic E-state index is -0.357. The van der Waals surface area contributed by atoms with Crippen LogP contribution in [0.4, 0.5) is 0 Å². The van der Waals surface area contributed by atoms with Gasteiger partial charge in [-0.3, -0.25) is 0 Å². The van der Waals surface area contributed by atoms with Crippen molar-refractivity contribution in [3.05, 3.63) is 59.7 Å². The minimum absolute atomic E-state index is 0.306. The average Bonchev–Trinajstić information content (AvgIpc) is 2.61. The standard InChI is InChI=1S/C20H26O2Se2/c1-3-9-17(21)15-11-5-7-13-19(15)23-24-20-14-8-6-12-16(20)18(22)10-4-2/h5-8,11-14,17-18,21-22H,3-4,9-10H2,1-2H3/t17-,18-/m0/s1. The van der Waals surface area contributed by atoms with Gasteiger partial charge in [0.1, 0.15) is 0 Å². The van der Waals surface area contributed by atoms with E-state index in [1.54, 1.807) is 0 Å². The second kappa shape index (κ2) is 10.4. The molecule has 0 fully saturated rings. The Bertz CT molecular complexity index is 575. The Morgan fingerprint density at radius 3 is 1.46 bits per heavy atom. The number of aliphatic hydroxyl groups excluding tert-OH is 2. The fourth-order valence-electron chi connectivity index (χ4n) is 2.61. The number of rotatable bonds is 9. The van der Waals surface area contributed by atoms with Gasteiger partial charge < -0.3 is 0 Å². The molecule has 0 amide bonds. The van der Waals surface area contributed by atoms with Crippen LogP contribution in [-0.2, 0) is 0 Å². The first-order valence-electron chi connectivity index (χ1n) is 8.55. The third-order valence-corrected chi connectivity index (χ3v) is 11.2. The Hall–Kier alpha value is -0.601. The summed E-state index contributed by atoms with van der Waals surface area (Å²) in [4.78, 5) is 0. The summed E-state index contributed by atoms with van der Waals surface area (Å²) in [5.41, 5.74) is 2.18. The van der Waals surface area contributed by atoms with E-state index in [0.717, 1.165) is 36.8 Å². The van der Waals surface area contributed by atoms with Gasteiger partial charge >= 0.3 is 157 Å². The molecule has 0 bridgehead atoms. The van der Waals surface area contributed by atoms with E-state index in [0.29, 0.717) is 26.3 Å². The Balaban J connectivity index is 2.15. The Morgan fingerprint density at radius 1 is 0.708 bits per heavy atom. The molecule has 0 aliphatic heterocycles. The molecule has 2 aromatic rings. The van der Waals surface area contributed by atoms with Gasteiger partial charge in [0.05, 0.1) is 0 Å². The molecule has 0 aromatic heterocycles. The zero-order valence-corrected chi connectivity index (χ0v) is 17.7. The van der Waals surface area contributed by atoms with E-state index in [1.165, 1.54) is 8.92 Å². The van der Waals surface area contributed by atoms with Crippen molar-refractivity contribution in [2.45, 2.75) is 51.7 Å². The molecule has 2 N–H and O–H groups in total. The van der Waals surface area contributed by atoms with Crippen molar-refractivity contribution in [2.75, 3.05) is 0 Å². The summed E-state index contributed by atoms with van der Waals surface area (Å²) in [6, 6.07) is 16.6. The molecule has 24 heavy (non-hydrogen) atoms. The maximum absolute atomic E-state index is 10.4. The third-order valence-electron chi connectivity index (χ3n) is 3.90.